The third-order valence-corrected chi connectivity index (χ3v) is 5.67. The van der Waals surface area contributed by atoms with E-state index >= 15 is 0 Å². The molecule has 0 saturated heterocycles. The van der Waals surface area contributed by atoms with Gasteiger partial charge in [-0.15, -0.1) is 11.8 Å². The first-order valence-corrected chi connectivity index (χ1v) is 11.4. The summed E-state index contributed by atoms with van der Waals surface area (Å²) in [7, 11) is 0. The third-order valence-electron chi connectivity index (χ3n) is 4.57. The van der Waals surface area contributed by atoms with Crippen LogP contribution >= 0.6 is 11.8 Å². The van der Waals surface area contributed by atoms with Gasteiger partial charge in [-0.25, -0.2) is 4.98 Å². The summed E-state index contributed by atoms with van der Waals surface area (Å²) in [6.45, 7) is 7.54. The number of guanidine groups is 1. The van der Waals surface area contributed by atoms with Crippen LogP contribution in [0.5, 0.6) is 0 Å². The number of hydrogen-bond acceptors (Lipinski definition) is 3. The highest BCUT2D eigenvalue weighted by Crippen LogP contribution is 2.22. The Morgan fingerprint density at radius 1 is 1.07 bits per heavy atom. The summed E-state index contributed by atoms with van der Waals surface area (Å²) in [5, 5.41) is 7.19. The second-order valence-corrected chi connectivity index (χ2v) is 8.61. The minimum Gasteiger partial charge on any atom is -0.357 e. The maximum Gasteiger partial charge on any atom is 0.191 e. The quantitative estimate of drug-likeness (QED) is 0.293. The van der Waals surface area contributed by atoms with Crippen LogP contribution in [0.1, 0.15) is 25.2 Å². The van der Waals surface area contributed by atoms with Gasteiger partial charge < -0.3 is 15.2 Å². The Hall–Kier alpha value is -2.73. The van der Waals surface area contributed by atoms with Gasteiger partial charge in [0, 0.05) is 48.6 Å². The van der Waals surface area contributed by atoms with E-state index in [4.69, 9.17) is 4.99 Å². The molecule has 3 rings (SSSR count). The zero-order valence-electron chi connectivity index (χ0n) is 17.8. The van der Waals surface area contributed by atoms with E-state index in [-0.39, 0.29) is 0 Å². The number of imidazole rings is 1. The molecule has 0 aliphatic heterocycles. The fourth-order valence-corrected chi connectivity index (χ4v) is 4.04. The summed E-state index contributed by atoms with van der Waals surface area (Å²) in [5.41, 5.74) is 1.28. The van der Waals surface area contributed by atoms with Gasteiger partial charge in [0.1, 0.15) is 5.82 Å². The number of thioether (sulfide) groups is 1. The lowest BCUT2D eigenvalue weighted by atomic mass is 10.2. The van der Waals surface area contributed by atoms with E-state index in [1.807, 2.05) is 36.3 Å². The molecule has 6 heteroatoms. The van der Waals surface area contributed by atoms with Gasteiger partial charge in [0.05, 0.1) is 6.54 Å². The van der Waals surface area contributed by atoms with Gasteiger partial charge >= 0.3 is 0 Å². The third kappa shape index (κ3) is 7.26. The second kappa shape index (κ2) is 12.1. The largest absolute Gasteiger partial charge is 0.357 e. The molecule has 158 valence electrons. The molecule has 0 spiro atoms. The molecule has 1 unspecified atom stereocenters. The molecule has 0 fully saturated rings. The average Bonchev–Trinajstić information content (AvgIpc) is 3.20. The maximum atomic E-state index is 4.76. The topological polar surface area (TPSA) is 54.2 Å². The zero-order valence-corrected chi connectivity index (χ0v) is 18.6. The smallest absolute Gasteiger partial charge is 0.191 e. The summed E-state index contributed by atoms with van der Waals surface area (Å²) in [6, 6.07) is 21.0. The van der Waals surface area contributed by atoms with Crippen LogP contribution in [0, 0.1) is 0 Å². The van der Waals surface area contributed by atoms with Gasteiger partial charge in [0.25, 0.3) is 0 Å². The number of benzene rings is 2. The van der Waals surface area contributed by atoms with Crippen LogP contribution in [-0.2, 0) is 13.0 Å². The normalized spacial score (nSPS) is 12.5. The van der Waals surface area contributed by atoms with Crippen molar-refractivity contribution >= 4 is 17.7 Å². The molecule has 0 bridgehead atoms. The Balaban J connectivity index is 1.49. The van der Waals surface area contributed by atoms with E-state index in [9.17, 15) is 0 Å². The number of rotatable bonds is 10. The van der Waals surface area contributed by atoms with Gasteiger partial charge in [0.15, 0.2) is 5.96 Å². The molecule has 2 N–H and O–H groups in total. The van der Waals surface area contributed by atoms with Crippen molar-refractivity contribution in [3.05, 3.63) is 84.4 Å². The highest BCUT2D eigenvalue weighted by atomic mass is 32.2. The van der Waals surface area contributed by atoms with E-state index in [0.29, 0.717) is 5.25 Å². The first-order chi connectivity index (χ1) is 14.7. The lowest BCUT2D eigenvalue weighted by molar-refractivity contribution is 0.694. The Labute approximate surface area is 184 Å². The van der Waals surface area contributed by atoms with Crippen molar-refractivity contribution in [1.82, 2.24) is 20.2 Å². The molecule has 0 aliphatic carbocycles. The molecule has 30 heavy (non-hydrogen) atoms. The van der Waals surface area contributed by atoms with Crippen LogP contribution in [0.15, 0.2) is 82.9 Å². The molecule has 1 aromatic heterocycles. The second-order valence-electron chi connectivity index (χ2n) is 7.09. The Bertz CT molecular complexity index is 892. The van der Waals surface area contributed by atoms with Crippen LogP contribution in [0.3, 0.4) is 0 Å². The van der Waals surface area contributed by atoms with Gasteiger partial charge in [0.2, 0.25) is 0 Å². The SMILES string of the molecule is CCNC(=NCC(C)Sc1ccccc1)NCCc1nccn1Cc1ccccc1. The number of nitrogens with zero attached hydrogens (tertiary/aromatic N) is 3. The maximum absolute atomic E-state index is 4.76. The van der Waals surface area contributed by atoms with Crippen molar-refractivity contribution in [2.24, 2.45) is 4.99 Å². The molecule has 0 radical (unpaired) electrons. The van der Waals surface area contributed by atoms with Gasteiger partial charge in [-0.1, -0.05) is 55.5 Å². The first kappa shape index (κ1) is 22.0. The standard InChI is InChI=1S/C24H31N5S/c1-3-25-24(28-18-20(2)30-22-12-8-5-9-13-22)27-15-14-23-26-16-17-29(23)19-21-10-6-4-7-11-21/h4-13,16-17,20H,3,14-15,18-19H2,1-2H3,(H2,25,27,28). The monoisotopic (exact) mass is 421 g/mol. The summed E-state index contributed by atoms with van der Waals surface area (Å²) in [4.78, 5) is 10.6. The molecule has 2 aromatic carbocycles. The number of nitrogens with one attached hydrogen (secondary N) is 2. The van der Waals surface area contributed by atoms with E-state index < -0.39 is 0 Å². The summed E-state index contributed by atoms with van der Waals surface area (Å²) in [6.07, 6.45) is 4.77. The zero-order chi connectivity index (χ0) is 21.0. The molecule has 3 aromatic rings. The van der Waals surface area contributed by atoms with E-state index in [1.54, 1.807) is 0 Å². The summed E-state index contributed by atoms with van der Waals surface area (Å²) in [5.74, 6) is 1.94. The fourth-order valence-electron chi connectivity index (χ4n) is 3.12. The van der Waals surface area contributed by atoms with Crippen LogP contribution < -0.4 is 10.6 Å². The predicted molar refractivity (Wildman–Crippen MR) is 127 cm³/mol. The Morgan fingerprint density at radius 2 is 1.80 bits per heavy atom. The molecular formula is C24H31N5S. The molecule has 5 nitrogen and oxygen atoms in total. The van der Waals surface area contributed by atoms with Crippen LogP contribution in [-0.4, -0.2) is 40.4 Å². The van der Waals surface area contributed by atoms with Gasteiger partial charge in [-0.3, -0.25) is 4.99 Å². The van der Waals surface area contributed by atoms with Crippen molar-refractivity contribution in [2.75, 3.05) is 19.6 Å². The highest BCUT2D eigenvalue weighted by molar-refractivity contribution is 8.00. The van der Waals surface area contributed by atoms with Crippen molar-refractivity contribution in [3.8, 4) is 0 Å². The lowest BCUT2D eigenvalue weighted by Gasteiger charge is -2.14. The average molecular weight is 422 g/mol. The van der Waals surface area contributed by atoms with E-state index in [1.165, 1.54) is 10.5 Å². The van der Waals surface area contributed by atoms with E-state index in [2.05, 4.69) is 82.6 Å². The molecule has 0 amide bonds. The van der Waals surface area contributed by atoms with Gasteiger partial charge in [-0.05, 0) is 24.6 Å². The number of aliphatic imine (C=N–C) groups is 1. The van der Waals surface area contributed by atoms with Gasteiger partial charge in [-0.2, -0.15) is 0 Å². The van der Waals surface area contributed by atoms with Crippen LogP contribution in [0.25, 0.3) is 0 Å². The van der Waals surface area contributed by atoms with Crippen LogP contribution in [0.2, 0.25) is 0 Å². The number of aromatic nitrogens is 2. The molecule has 0 saturated carbocycles. The van der Waals surface area contributed by atoms with Crippen molar-refractivity contribution < 1.29 is 0 Å². The molecule has 1 atom stereocenters. The Kier molecular flexibility index (Phi) is 8.84. The fraction of sp³-hybridized carbons (Fsp3) is 0.333. The van der Waals surface area contributed by atoms with Crippen molar-refractivity contribution in [1.29, 1.82) is 0 Å². The number of hydrogen-bond donors (Lipinski definition) is 2. The Morgan fingerprint density at radius 3 is 2.53 bits per heavy atom. The molecule has 1 heterocycles. The molecular weight excluding hydrogens is 390 g/mol. The minimum absolute atomic E-state index is 0.410. The summed E-state index contributed by atoms with van der Waals surface area (Å²) >= 11 is 1.85. The first-order valence-electron chi connectivity index (χ1n) is 10.5. The highest BCUT2D eigenvalue weighted by Gasteiger charge is 2.07. The predicted octanol–water partition coefficient (Wildman–Crippen LogP) is 4.21. The summed E-state index contributed by atoms with van der Waals surface area (Å²) < 4.78 is 2.21. The molecule has 0 aliphatic rings. The van der Waals surface area contributed by atoms with E-state index in [0.717, 1.165) is 44.4 Å². The van der Waals surface area contributed by atoms with Crippen molar-refractivity contribution in [3.63, 3.8) is 0 Å². The lowest BCUT2D eigenvalue weighted by Crippen LogP contribution is -2.39. The minimum atomic E-state index is 0.410. The van der Waals surface area contributed by atoms with Crippen LogP contribution in [0.4, 0.5) is 0 Å². The van der Waals surface area contributed by atoms with Crippen molar-refractivity contribution in [2.45, 2.75) is 37.0 Å².